The fourth-order valence-corrected chi connectivity index (χ4v) is 1.70. The van der Waals surface area contributed by atoms with Crippen LogP contribution in [-0.2, 0) is 0 Å². The van der Waals surface area contributed by atoms with E-state index in [0.717, 1.165) is 18.7 Å². The van der Waals surface area contributed by atoms with Crippen LogP contribution < -0.4 is 10.6 Å². The van der Waals surface area contributed by atoms with Gasteiger partial charge in [-0.1, -0.05) is 6.92 Å². The monoisotopic (exact) mass is 307 g/mol. The number of nitrogens with zero attached hydrogens (tertiary/aromatic N) is 1. The van der Waals surface area contributed by atoms with Crippen molar-refractivity contribution in [3.8, 4) is 0 Å². The third-order valence-corrected chi connectivity index (χ3v) is 2.56. The fraction of sp³-hybridized carbons (Fsp3) is 0.538. The summed E-state index contributed by atoms with van der Waals surface area (Å²) in [5.74, 6) is -1.38. The summed E-state index contributed by atoms with van der Waals surface area (Å²) in [6.45, 7) is 3.63. The normalized spacial score (nSPS) is 12.9. The molecule has 0 bridgehead atoms. The molecule has 1 aromatic heterocycles. The molecule has 1 aromatic rings. The van der Waals surface area contributed by atoms with E-state index < -0.39 is 30.4 Å². The maximum absolute atomic E-state index is 13.2. The van der Waals surface area contributed by atoms with Gasteiger partial charge < -0.3 is 10.6 Å². The second-order valence-corrected chi connectivity index (χ2v) is 4.67. The van der Waals surface area contributed by atoms with Crippen LogP contribution >= 0.6 is 0 Å². The van der Waals surface area contributed by atoms with Crippen molar-refractivity contribution in [2.24, 2.45) is 0 Å². The van der Waals surface area contributed by atoms with E-state index in [0.29, 0.717) is 6.54 Å². The number of hydrogen-bond acceptors (Lipinski definition) is 3. The summed E-state index contributed by atoms with van der Waals surface area (Å²) in [6, 6.07) is -0.166. The minimum Gasteiger partial charge on any atom is -0.369 e. The molecule has 118 valence electrons. The number of pyridine rings is 1. The smallest absolute Gasteiger partial charge is 0.369 e. The lowest BCUT2D eigenvalue weighted by Gasteiger charge is -2.17. The highest BCUT2D eigenvalue weighted by atomic mass is 19.4. The highest BCUT2D eigenvalue weighted by Crippen LogP contribution is 2.22. The Hall–Kier alpha value is -1.86. The third kappa shape index (κ3) is 5.97. The highest BCUT2D eigenvalue weighted by Gasteiger charge is 2.31. The van der Waals surface area contributed by atoms with Crippen LogP contribution in [0.5, 0.6) is 0 Å². The molecule has 1 amide bonds. The Morgan fingerprint density at radius 1 is 1.43 bits per heavy atom. The Morgan fingerprint density at radius 3 is 2.67 bits per heavy atom. The van der Waals surface area contributed by atoms with Gasteiger partial charge in [-0.2, -0.15) is 13.2 Å². The van der Waals surface area contributed by atoms with Crippen LogP contribution in [-0.4, -0.2) is 29.7 Å². The Morgan fingerprint density at radius 2 is 2.10 bits per heavy atom. The molecule has 1 heterocycles. The van der Waals surface area contributed by atoms with Crippen LogP contribution in [0.25, 0.3) is 0 Å². The molecule has 0 aliphatic carbocycles. The van der Waals surface area contributed by atoms with E-state index >= 15 is 0 Å². The van der Waals surface area contributed by atoms with Gasteiger partial charge in [0.2, 0.25) is 0 Å². The van der Waals surface area contributed by atoms with Gasteiger partial charge in [0.15, 0.2) is 0 Å². The number of carbonyl (C=O) groups excluding carboxylic acids is 1. The molecule has 0 aliphatic heterocycles. The Kier molecular flexibility index (Phi) is 5.92. The van der Waals surface area contributed by atoms with Gasteiger partial charge >= 0.3 is 6.18 Å². The minimum absolute atomic E-state index is 0.113. The average Bonchev–Trinajstić information content (AvgIpc) is 2.34. The number of hydrogen-bond donors (Lipinski definition) is 2. The Bertz CT molecular complexity index is 491. The van der Waals surface area contributed by atoms with E-state index in [1.54, 1.807) is 0 Å². The van der Waals surface area contributed by atoms with Crippen molar-refractivity contribution in [1.29, 1.82) is 0 Å². The summed E-state index contributed by atoms with van der Waals surface area (Å²) in [6.07, 6.45) is -3.84. The van der Waals surface area contributed by atoms with Gasteiger partial charge in [-0.3, -0.25) is 4.79 Å². The molecule has 0 spiro atoms. The molecule has 1 rings (SSSR count). The first-order valence-corrected chi connectivity index (χ1v) is 6.50. The zero-order chi connectivity index (χ0) is 16.0. The van der Waals surface area contributed by atoms with Crippen molar-refractivity contribution < 1.29 is 22.4 Å². The summed E-state index contributed by atoms with van der Waals surface area (Å²) in [5, 5.41) is 5.02. The number of amides is 1. The van der Waals surface area contributed by atoms with Crippen molar-refractivity contribution in [2.75, 3.05) is 11.9 Å². The molecule has 0 saturated carbocycles. The fourth-order valence-electron chi connectivity index (χ4n) is 1.70. The van der Waals surface area contributed by atoms with Crippen molar-refractivity contribution in [3.63, 3.8) is 0 Å². The number of halogens is 4. The van der Waals surface area contributed by atoms with E-state index in [1.807, 2.05) is 6.92 Å². The minimum atomic E-state index is -4.38. The van der Waals surface area contributed by atoms with E-state index in [1.165, 1.54) is 6.92 Å². The highest BCUT2D eigenvalue weighted by molar-refractivity contribution is 5.98. The average molecular weight is 307 g/mol. The first-order chi connectivity index (χ1) is 9.73. The third-order valence-electron chi connectivity index (χ3n) is 2.56. The molecule has 1 unspecified atom stereocenters. The van der Waals surface area contributed by atoms with Crippen LogP contribution in [0.4, 0.5) is 23.4 Å². The van der Waals surface area contributed by atoms with Gasteiger partial charge in [0.25, 0.3) is 5.91 Å². The van der Waals surface area contributed by atoms with Gasteiger partial charge in [0, 0.05) is 12.6 Å². The number of aromatic nitrogens is 1. The first-order valence-electron chi connectivity index (χ1n) is 6.50. The van der Waals surface area contributed by atoms with Crippen molar-refractivity contribution in [2.45, 2.75) is 38.9 Å². The molecule has 8 heteroatoms. The zero-order valence-electron chi connectivity index (χ0n) is 11.7. The van der Waals surface area contributed by atoms with Crippen LogP contribution in [0.15, 0.2) is 12.3 Å². The Balaban J connectivity index is 2.83. The van der Waals surface area contributed by atoms with Crippen molar-refractivity contribution in [1.82, 2.24) is 10.3 Å². The second-order valence-electron chi connectivity index (χ2n) is 4.67. The number of anilines is 1. The van der Waals surface area contributed by atoms with Gasteiger partial charge in [0.1, 0.15) is 11.6 Å². The lowest BCUT2D eigenvalue weighted by molar-refractivity contribution is -0.138. The van der Waals surface area contributed by atoms with E-state index in [4.69, 9.17) is 0 Å². The molecule has 21 heavy (non-hydrogen) atoms. The van der Waals surface area contributed by atoms with Crippen LogP contribution in [0.2, 0.25) is 0 Å². The first kappa shape index (κ1) is 17.2. The lowest BCUT2D eigenvalue weighted by Crippen LogP contribution is -2.36. The zero-order valence-corrected chi connectivity index (χ0v) is 11.7. The maximum atomic E-state index is 13.2. The molecule has 4 nitrogen and oxygen atoms in total. The quantitative estimate of drug-likeness (QED) is 0.794. The van der Waals surface area contributed by atoms with Gasteiger partial charge in [-0.05, 0) is 19.4 Å². The van der Waals surface area contributed by atoms with Gasteiger partial charge in [-0.15, -0.1) is 0 Å². The Labute approximate surface area is 119 Å². The molecule has 2 N–H and O–H groups in total. The van der Waals surface area contributed by atoms with Crippen molar-refractivity contribution >= 4 is 11.7 Å². The van der Waals surface area contributed by atoms with Crippen LogP contribution in [0.3, 0.4) is 0 Å². The topological polar surface area (TPSA) is 54.0 Å². The summed E-state index contributed by atoms with van der Waals surface area (Å²) < 4.78 is 49.9. The molecule has 1 atom stereocenters. The van der Waals surface area contributed by atoms with E-state index in [9.17, 15) is 22.4 Å². The molecular formula is C13H17F4N3O. The molecule has 0 aliphatic rings. The van der Waals surface area contributed by atoms with Crippen LogP contribution in [0, 0.1) is 5.82 Å². The van der Waals surface area contributed by atoms with Crippen LogP contribution in [0.1, 0.15) is 37.0 Å². The largest absolute Gasteiger partial charge is 0.391 e. The van der Waals surface area contributed by atoms with E-state index in [-0.39, 0.29) is 11.4 Å². The summed E-state index contributed by atoms with van der Waals surface area (Å²) in [4.78, 5) is 15.7. The molecule has 0 saturated heterocycles. The van der Waals surface area contributed by atoms with Gasteiger partial charge in [0.05, 0.1) is 18.2 Å². The van der Waals surface area contributed by atoms with Crippen molar-refractivity contribution in [3.05, 3.63) is 23.6 Å². The SMILES string of the molecule is CCCNc1ncc(F)cc1C(=O)NC(C)CC(F)(F)F. The summed E-state index contributed by atoms with van der Waals surface area (Å²) >= 11 is 0. The summed E-state index contributed by atoms with van der Waals surface area (Å²) in [5.41, 5.74) is -0.113. The molecular weight excluding hydrogens is 290 g/mol. The predicted molar refractivity (Wildman–Crippen MR) is 70.6 cm³/mol. The van der Waals surface area contributed by atoms with Gasteiger partial charge in [-0.25, -0.2) is 9.37 Å². The standard InChI is InChI=1S/C13H17F4N3O/c1-3-4-18-11-10(5-9(14)7-19-11)12(21)20-8(2)6-13(15,16)17/h5,7-8H,3-4,6H2,1-2H3,(H,18,19)(H,20,21). The van der Waals surface area contributed by atoms with E-state index in [2.05, 4.69) is 15.6 Å². The lowest BCUT2D eigenvalue weighted by atomic mass is 10.2. The second kappa shape index (κ2) is 7.24. The molecule has 0 radical (unpaired) electrons. The number of rotatable bonds is 6. The number of carbonyl (C=O) groups is 1. The molecule has 0 aromatic carbocycles. The number of alkyl halides is 3. The maximum Gasteiger partial charge on any atom is 0.391 e. The summed E-state index contributed by atoms with van der Waals surface area (Å²) in [7, 11) is 0. The molecule has 0 fully saturated rings. The number of nitrogens with one attached hydrogen (secondary N) is 2. The predicted octanol–water partition coefficient (Wildman–Crippen LogP) is 3.11.